The van der Waals surface area contributed by atoms with Crippen molar-refractivity contribution in [1.82, 2.24) is 4.90 Å². The molecule has 0 radical (unpaired) electrons. The number of rotatable bonds is 3. The molecule has 2 rings (SSSR count). The van der Waals surface area contributed by atoms with Crippen molar-refractivity contribution in [1.29, 1.82) is 0 Å². The smallest absolute Gasteiger partial charge is 0.231 e. The number of ether oxygens (including phenoxy) is 2. The lowest BCUT2D eigenvalue weighted by Gasteiger charge is -2.29. The standard InChI is InChI=1S/C13H20N2O2/c1-8-5-11-12(17-7-16-11)6-10(8)13(9(2)14)15(3)4/h5-6,9,13H,7,14H2,1-4H3. The fourth-order valence-corrected chi connectivity index (χ4v) is 2.41. The number of nitrogens with zero attached hydrogens (tertiary/aromatic N) is 1. The van der Waals surface area contributed by atoms with Gasteiger partial charge in [0.25, 0.3) is 0 Å². The molecule has 1 aromatic rings. The van der Waals surface area contributed by atoms with Gasteiger partial charge in [-0.2, -0.15) is 0 Å². The van der Waals surface area contributed by atoms with Crippen molar-refractivity contribution in [2.75, 3.05) is 20.9 Å². The summed E-state index contributed by atoms with van der Waals surface area (Å²) in [4.78, 5) is 2.13. The molecule has 17 heavy (non-hydrogen) atoms. The number of fused-ring (bicyclic) bond motifs is 1. The molecule has 1 aromatic carbocycles. The summed E-state index contributed by atoms with van der Waals surface area (Å²) >= 11 is 0. The van der Waals surface area contributed by atoms with E-state index in [2.05, 4.69) is 11.8 Å². The van der Waals surface area contributed by atoms with Gasteiger partial charge in [-0.1, -0.05) is 0 Å². The summed E-state index contributed by atoms with van der Waals surface area (Å²) in [5.41, 5.74) is 8.46. The third-order valence-corrected chi connectivity index (χ3v) is 3.13. The largest absolute Gasteiger partial charge is 0.454 e. The van der Waals surface area contributed by atoms with E-state index in [-0.39, 0.29) is 12.1 Å². The molecule has 0 spiro atoms. The van der Waals surface area contributed by atoms with E-state index in [0.29, 0.717) is 6.79 Å². The first-order chi connectivity index (χ1) is 8.00. The fourth-order valence-electron chi connectivity index (χ4n) is 2.41. The SMILES string of the molecule is Cc1cc2c(cc1C(C(C)N)N(C)C)OCO2. The van der Waals surface area contributed by atoms with Crippen molar-refractivity contribution >= 4 is 0 Å². The van der Waals surface area contributed by atoms with Crippen molar-refractivity contribution < 1.29 is 9.47 Å². The van der Waals surface area contributed by atoms with E-state index in [9.17, 15) is 0 Å². The Morgan fingerprint density at radius 3 is 2.35 bits per heavy atom. The van der Waals surface area contributed by atoms with Gasteiger partial charge in [0.05, 0.1) is 0 Å². The number of hydrogen-bond donors (Lipinski definition) is 1. The van der Waals surface area contributed by atoms with Crippen LogP contribution in [0.3, 0.4) is 0 Å². The Morgan fingerprint density at radius 2 is 1.82 bits per heavy atom. The first kappa shape index (κ1) is 12.2. The van der Waals surface area contributed by atoms with E-state index in [4.69, 9.17) is 15.2 Å². The zero-order chi connectivity index (χ0) is 12.6. The van der Waals surface area contributed by atoms with Crippen LogP contribution in [-0.4, -0.2) is 31.8 Å². The molecule has 2 unspecified atom stereocenters. The van der Waals surface area contributed by atoms with Crippen LogP contribution in [0, 0.1) is 6.92 Å². The van der Waals surface area contributed by atoms with Gasteiger partial charge in [0.2, 0.25) is 6.79 Å². The van der Waals surface area contributed by atoms with Crippen LogP contribution in [0.1, 0.15) is 24.1 Å². The van der Waals surface area contributed by atoms with Gasteiger partial charge in [0.1, 0.15) is 0 Å². The molecule has 1 aliphatic heterocycles. The fraction of sp³-hybridized carbons (Fsp3) is 0.538. The van der Waals surface area contributed by atoms with Crippen LogP contribution in [0.4, 0.5) is 0 Å². The molecule has 4 heteroatoms. The lowest BCUT2D eigenvalue weighted by Crippen LogP contribution is -2.35. The molecule has 94 valence electrons. The molecule has 1 aliphatic rings. The topological polar surface area (TPSA) is 47.7 Å². The maximum Gasteiger partial charge on any atom is 0.231 e. The van der Waals surface area contributed by atoms with E-state index in [1.54, 1.807) is 0 Å². The normalized spacial score (nSPS) is 17.3. The van der Waals surface area contributed by atoms with Crippen LogP contribution < -0.4 is 15.2 Å². The zero-order valence-corrected chi connectivity index (χ0v) is 10.9. The van der Waals surface area contributed by atoms with Gasteiger partial charge in [-0.25, -0.2) is 0 Å². The number of nitrogens with two attached hydrogens (primary N) is 1. The Morgan fingerprint density at radius 1 is 1.24 bits per heavy atom. The summed E-state index contributed by atoms with van der Waals surface area (Å²) in [5.74, 6) is 1.64. The summed E-state index contributed by atoms with van der Waals surface area (Å²) in [6.07, 6.45) is 0. The van der Waals surface area contributed by atoms with Gasteiger partial charge in [-0.3, -0.25) is 0 Å². The molecule has 0 bridgehead atoms. The van der Waals surface area contributed by atoms with Crippen molar-refractivity contribution in [3.63, 3.8) is 0 Å². The van der Waals surface area contributed by atoms with Crippen LogP contribution in [0.25, 0.3) is 0 Å². The summed E-state index contributed by atoms with van der Waals surface area (Å²) in [6.45, 7) is 4.41. The molecular weight excluding hydrogens is 216 g/mol. The highest BCUT2D eigenvalue weighted by Gasteiger charge is 2.24. The van der Waals surface area contributed by atoms with E-state index in [1.165, 1.54) is 11.1 Å². The lowest BCUT2D eigenvalue weighted by atomic mass is 9.95. The molecule has 4 nitrogen and oxygen atoms in total. The molecule has 0 aliphatic carbocycles. The van der Waals surface area contributed by atoms with E-state index in [1.807, 2.05) is 33.2 Å². The highest BCUT2D eigenvalue weighted by atomic mass is 16.7. The predicted molar refractivity (Wildman–Crippen MR) is 67.4 cm³/mol. The lowest BCUT2D eigenvalue weighted by molar-refractivity contribution is 0.174. The highest BCUT2D eigenvalue weighted by Crippen LogP contribution is 2.37. The van der Waals surface area contributed by atoms with Crippen molar-refractivity contribution in [3.05, 3.63) is 23.3 Å². The number of likely N-dealkylation sites (N-methyl/N-ethyl adjacent to an activating group) is 1. The van der Waals surface area contributed by atoms with Gasteiger partial charge < -0.3 is 20.1 Å². The molecule has 0 aromatic heterocycles. The predicted octanol–water partition coefficient (Wildman–Crippen LogP) is 1.67. The number of aryl methyl sites for hydroxylation is 1. The quantitative estimate of drug-likeness (QED) is 0.867. The second-order valence-corrected chi connectivity index (χ2v) is 4.83. The van der Waals surface area contributed by atoms with Crippen LogP contribution >= 0.6 is 0 Å². The van der Waals surface area contributed by atoms with Gasteiger partial charge in [0, 0.05) is 12.1 Å². The first-order valence-electron chi connectivity index (χ1n) is 5.83. The average Bonchev–Trinajstić information content (AvgIpc) is 2.64. The minimum Gasteiger partial charge on any atom is -0.454 e. The second kappa shape index (κ2) is 4.55. The minimum absolute atomic E-state index is 0.0593. The van der Waals surface area contributed by atoms with Crippen molar-refractivity contribution in [2.24, 2.45) is 5.73 Å². The average molecular weight is 236 g/mol. The maximum absolute atomic E-state index is 6.07. The molecule has 2 atom stereocenters. The highest BCUT2D eigenvalue weighted by molar-refractivity contribution is 5.49. The van der Waals surface area contributed by atoms with Gasteiger partial charge in [0.15, 0.2) is 11.5 Å². The van der Waals surface area contributed by atoms with E-state index < -0.39 is 0 Å². The third kappa shape index (κ3) is 2.23. The Bertz CT molecular complexity index is 408. The maximum atomic E-state index is 6.07. The molecular formula is C13H20N2O2. The summed E-state index contributed by atoms with van der Waals surface area (Å²) in [6, 6.07) is 4.32. The minimum atomic E-state index is 0.0593. The Kier molecular flexibility index (Phi) is 3.26. The monoisotopic (exact) mass is 236 g/mol. The molecule has 0 saturated carbocycles. The van der Waals surface area contributed by atoms with E-state index >= 15 is 0 Å². The Balaban J connectivity index is 2.43. The molecule has 0 fully saturated rings. The molecule has 1 heterocycles. The van der Waals surface area contributed by atoms with Gasteiger partial charge in [-0.05, 0) is 51.2 Å². The van der Waals surface area contributed by atoms with E-state index in [0.717, 1.165) is 11.5 Å². The second-order valence-electron chi connectivity index (χ2n) is 4.83. The summed E-state index contributed by atoms with van der Waals surface area (Å²) in [7, 11) is 4.08. The van der Waals surface area contributed by atoms with Crippen LogP contribution in [0.5, 0.6) is 11.5 Å². The van der Waals surface area contributed by atoms with Crippen molar-refractivity contribution in [2.45, 2.75) is 25.9 Å². The summed E-state index contributed by atoms with van der Waals surface area (Å²) in [5, 5.41) is 0. The van der Waals surface area contributed by atoms with Gasteiger partial charge in [-0.15, -0.1) is 0 Å². The van der Waals surface area contributed by atoms with Gasteiger partial charge >= 0.3 is 0 Å². The summed E-state index contributed by atoms with van der Waals surface area (Å²) < 4.78 is 10.8. The molecule has 0 saturated heterocycles. The Hall–Kier alpha value is -1.26. The molecule has 0 amide bonds. The van der Waals surface area contributed by atoms with Crippen LogP contribution in [0.2, 0.25) is 0 Å². The third-order valence-electron chi connectivity index (χ3n) is 3.13. The Labute approximate surface area is 102 Å². The molecule has 2 N–H and O–H groups in total. The van der Waals surface area contributed by atoms with Crippen molar-refractivity contribution in [3.8, 4) is 11.5 Å². The zero-order valence-electron chi connectivity index (χ0n) is 10.9. The number of hydrogen-bond acceptors (Lipinski definition) is 4. The first-order valence-corrected chi connectivity index (χ1v) is 5.83. The van der Waals surface area contributed by atoms with Crippen LogP contribution in [0.15, 0.2) is 12.1 Å². The number of benzene rings is 1. The van der Waals surface area contributed by atoms with Crippen LogP contribution in [-0.2, 0) is 0 Å².